The van der Waals surface area contributed by atoms with E-state index in [-0.39, 0.29) is 6.61 Å². The minimum Gasteiger partial charge on any atom is -0.364 e. The van der Waals surface area contributed by atoms with Crippen molar-refractivity contribution in [3.05, 3.63) is 0 Å². The number of hydrogen-bond acceptors (Lipinski definition) is 3. The first-order chi connectivity index (χ1) is 4.02. The Morgan fingerprint density at radius 3 is 2.22 bits per heavy atom. The first-order valence-electron chi connectivity index (χ1n) is 2.23. The van der Waals surface area contributed by atoms with Gasteiger partial charge in [0.2, 0.25) is 0 Å². The SMILES string of the molecule is O=C([C@H]1CO1)P(=O)(O)O. The van der Waals surface area contributed by atoms with E-state index in [0.29, 0.717) is 0 Å². The number of carbonyl (C=O) groups is 1. The molecule has 0 aromatic heterocycles. The average Bonchev–Trinajstić information content (AvgIpc) is 2.40. The molecule has 0 amide bonds. The Morgan fingerprint density at radius 1 is 1.67 bits per heavy atom. The van der Waals surface area contributed by atoms with E-state index < -0.39 is 19.2 Å². The minimum atomic E-state index is -4.51. The summed E-state index contributed by atoms with van der Waals surface area (Å²) in [6.07, 6.45) is -0.842. The van der Waals surface area contributed by atoms with Gasteiger partial charge in [-0.05, 0) is 0 Å². The number of ether oxygens (including phenoxy) is 1. The van der Waals surface area contributed by atoms with Gasteiger partial charge in [0.1, 0.15) is 0 Å². The van der Waals surface area contributed by atoms with Gasteiger partial charge in [-0.1, -0.05) is 0 Å². The fraction of sp³-hybridized carbons (Fsp3) is 0.667. The molecule has 1 aliphatic heterocycles. The fourth-order valence-corrected chi connectivity index (χ4v) is 0.902. The van der Waals surface area contributed by atoms with Crippen molar-refractivity contribution < 1.29 is 23.9 Å². The second-order valence-corrected chi connectivity index (χ2v) is 3.23. The maximum absolute atomic E-state index is 10.3. The molecular weight excluding hydrogens is 147 g/mol. The zero-order chi connectivity index (χ0) is 7.07. The summed E-state index contributed by atoms with van der Waals surface area (Å²) < 4.78 is 14.4. The van der Waals surface area contributed by atoms with E-state index in [1.165, 1.54) is 0 Å². The van der Waals surface area contributed by atoms with Gasteiger partial charge in [-0.2, -0.15) is 0 Å². The Kier molecular flexibility index (Phi) is 1.44. The highest BCUT2D eigenvalue weighted by molar-refractivity contribution is 7.70. The van der Waals surface area contributed by atoms with Gasteiger partial charge in [-0.25, -0.2) is 0 Å². The van der Waals surface area contributed by atoms with E-state index >= 15 is 0 Å². The van der Waals surface area contributed by atoms with Crippen LogP contribution in [0.4, 0.5) is 0 Å². The number of carbonyl (C=O) groups excluding carboxylic acids is 1. The summed E-state index contributed by atoms with van der Waals surface area (Å²) in [5.74, 6) is 0. The van der Waals surface area contributed by atoms with Gasteiger partial charge >= 0.3 is 7.60 Å². The highest BCUT2D eigenvalue weighted by Gasteiger charge is 2.42. The predicted octanol–water partition coefficient (Wildman–Crippen LogP) is -0.911. The van der Waals surface area contributed by atoms with Crippen LogP contribution in [0.2, 0.25) is 0 Å². The molecule has 1 rings (SSSR count). The standard InChI is InChI=1S/C3H5O5P/c4-3(2-1-8-2)9(5,6)7/h2H,1H2,(H2,5,6,7)/t2-/m1/s1. The maximum atomic E-state index is 10.3. The molecule has 6 heteroatoms. The van der Waals surface area contributed by atoms with Crippen molar-refractivity contribution in [2.75, 3.05) is 6.61 Å². The van der Waals surface area contributed by atoms with Crippen molar-refractivity contribution in [1.29, 1.82) is 0 Å². The van der Waals surface area contributed by atoms with E-state index in [1.807, 2.05) is 0 Å². The Labute approximate surface area is 50.8 Å². The van der Waals surface area contributed by atoms with Gasteiger partial charge in [0.05, 0.1) is 6.61 Å². The summed E-state index contributed by atoms with van der Waals surface area (Å²) in [4.78, 5) is 26.7. The van der Waals surface area contributed by atoms with Crippen LogP contribution >= 0.6 is 7.60 Å². The number of hydrogen-bond donors (Lipinski definition) is 2. The highest BCUT2D eigenvalue weighted by Crippen LogP contribution is 2.40. The van der Waals surface area contributed by atoms with Crippen LogP contribution < -0.4 is 0 Å². The molecule has 0 bridgehead atoms. The monoisotopic (exact) mass is 152 g/mol. The highest BCUT2D eigenvalue weighted by atomic mass is 31.2. The Balaban J connectivity index is 2.61. The largest absolute Gasteiger partial charge is 0.394 e. The van der Waals surface area contributed by atoms with Crippen LogP contribution in [0.5, 0.6) is 0 Å². The predicted molar refractivity (Wildman–Crippen MR) is 26.8 cm³/mol. The summed E-state index contributed by atoms with van der Waals surface area (Å²) in [5.41, 5.74) is -1.11. The van der Waals surface area contributed by atoms with E-state index in [1.54, 1.807) is 0 Å². The lowest BCUT2D eigenvalue weighted by Gasteiger charge is -1.95. The van der Waals surface area contributed by atoms with Gasteiger partial charge in [-0.3, -0.25) is 9.36 Å². The number of epoxide rings is 1. The van der Waals surface area contributed by atoms with Gasteiger partial charge in [0.25, 0.3) is 5.52 Å². The lowest BCUT2D eigenvalue weighted by Crippen LogP contribution is -2.05. The van der Waals surface area contributed by atoms with Gasteiger partial charge in [0, 0.05) is 0 Å². The van der Waals surface area contributed by atoms with E-state index in [9.17, 15) is 9.36 Å². The molecule has 9 heavy (non-hydrogen) atoms. The first kappa shape index (κ1) is 6.89. The van der Waals surface area contributed by atoms with Crippen LogP contribution in [0, 0.1) is 0 Å². The van der Waals surface area contributed by atoms with E-state index in [0.717, 1.165) is 0 Å². The van der Waals surface area contributed by atoms with Crippen LogP contribution in [-0.2, 0) is 14.1 Å². The molecule has 0 aliphatic carbocycles. The van der Waals surface area contributed by atoms with Crippen LogP contribution in [0.15, 0.2) is 0 Å². The topological polar surface area (TPSA) is 87.1 Å². The first-order valence-corrected chi connectivity index (χ1v) is 3.84. The zero-order valence-electron chi connectivity index (χ0n) is 4.35. The Hall–Kier alpha value is -0.220. The van der Waals surface area contributed by atoms with Crippen LogP contribution in [0.25, 0.3) is 0 Å². The van der Waals surface area contributed by atoms with Crippen molar-refractivity contribution in [2.24, 2.45) is 0 Å². The van der Waals surface area contributed by atoms with E-state index in [2.05, 4.69) is 4.74 Å². The third-order valence-corrected chi connectivity index (χ3v) is 1.76. The van der Waals surface area contributed by atoms with Crippen molar-refractivity contribution >= 4 is 13.1 Å². The van der Waals surface area contributed by atoms with Crippen LogP contribution in [-0.4, -0.2) is 28.0 Å². The molecule has 1 saturated heterocycles. The smallest absolute Gasteiger partial charge is 0.364 e. The molecule has 1 heterocycles. The Morgan fingerprint density at radius 2 is 2.11 bits per heavy atom. The third kappa shape index (κ3) is 1.59. The lowest BCUT2D eigenvalue weighted by atomic mass is 10.5. The molecule has 1 aliphatic rings. The maximum Gasteiger partial charge on any atom is 0.394 e. The van der Waals surface area contributed by atoms with Crippen LogP contribution in [0.3, 0.4) is 0 Å². The van der Waals surface area contributed by atoms with Gasteiger partial charge in [-0.15, -0.1) is 0 Å². The number of rotatable bonds is 2. The minimum absolute atomic E-state index is 0.143. The summed E-state index contributed by atoms with van der Waals surface area (Å²) in [6.45, 7) is 0.143. The van der Waals surface area contributed by atoms with Gasteiger partial charge < -0.3 is 14.5 Å². The summed E-state index contributed by atoms with van der Waals surface area (Å²) in [7, 11) is -4.51. The molecule has 5 nitrogen and oxygen atoms in total. The lowest BCUT2D eigenvalue weighted by molar-refractivity contribution is -0.114. The molecule has 2 N–H and O–H groups in total. The van der Waals surface area contributed by atoms with Gasteiger partial charge in [0.15, 0.2) is 6.10 Å². The van der Waals surface area contributed by atoms with Crippen molar-refractivity contribution in [3.63, 3.8) is 0 Å². The molecule has 0 unspecified atom stereocenters. The Bertz CT molecular complexity index is 177. The summed E-state index contributed by atoms with van der Waals surface area (Å²) >= 11 is 0. The summed E-state index contributed by atoms with van der Waals surface area (Å²) in [6, 6.07) is 0. The van der Waals surface area contributed by atoms with Crippen molar-refractivity contribution in [2.45, 2.75) is 6.10 Å². The summed E-state index contributed by atoms with van der Waals surface area (Å²) in [5, 5.41) is 0. The quantitative estimate of drug-likeness (QED) is 0.395. The normalized spacial score (nSPS) is 25.8. The van der Waals surface area contributed by atoms with Crippen LogP contribution in [0.1, 0.15) is 0 Å². The van der Waals surface area contributed by atoms with Crippen molar-refractivity contribution in [3.8, 4) is 0 Å². The van der Waals surface area contributed by atoms with E-state index in [4.69, 9.17) is 9.79 Å². The fourth-order valence-electron chi connectivity index (χ4n) is 0.378. The zero-order valence-corrected chi connectivity index (χ0v) is 5.25. The molecule has 0 spiro atoms. The molecule has 52 valence electrons. The molecular formula is C3H5O5P. The second kappa shape index (κ2) is 1.88. The molecule has 1 fully saturated rings. The molecule has 1 atom stereocenters. The molecule has 0 aromatic carbocycles. The molecule has 0 saturated carbocycles. The average molecular weight is 152 g/mol. The molecule has 0 radical (unpaired) electrons. The third-order valence-electron chi connectivity index (χ3n) is 0.896. The van der Waals surface area contributed by atoms with Crippen molar-refractivity contribution in [1.82, 2.24) is 0 Å². The molecule has 0 aromatic rings. The second-order valence-electron chi connectivity index (χ2n) is 1.70.